The topological polar surface area (TPSA) is 139 Å². The van der Waals surface area contributed by atoms with Gasteiger partial charge < -0.3 is 24.8 Å². The van der Waals surface area contributed by atoms with Crippen molar-refractivity contribution in [1.29, 1.82) is 0 Å². The van der Waals surface area contributed by atoms with Crippen LogP contribution < -0.4 is 16.3 Å². The van der Waals surface area contributed by atoms with Gasteiger partial charge in [-0.05, 0) is 44.2 Å². The Hall–Kier alpha value is -3.48. The first-order chi connectivity index (χ1) is 20.7. The summed E-state index contributed by atoms with van der Waals surface area (Å²) in [6.45, 7) is 5.09. The largest absolute Gasteiger partial charge is 0.474 e. The van der Waals surface area contributed by atoms with Crippen LogP contribution in [0, 0.1) is 5.92 Å². The SMILES string of the molecule is BC(B)(B)/C(N)=C(\c1cnc2c3c(OC(C)C)ncc(S(C)(=O)=O)c3n([C@H](c3ccccc3)C3CCOCC3)c2c1)N(C)N. The maximum Gasteiger partial charge on any atom is 0.225 e. The Labute approximate surface area is 262 Å². The Balaban J connectivity index is 2.00. The molecule has 4 aromatic rings. The van der Waals surface area contributed by atoms with Crippen molar-refractivity contribution in [3.05, 3.63) is 65.6 Å². The van der Waals surface area contributed by atoms with E-state index in [2.05, 4.69) is 21.7 Å². The number of aromatic nitrogens is 3. The third kappa shape index (κ3) is 6.07. The molecule has 1 saturated heterocycles. The minimum Gasteiger partial charge on any atom is -0.474 e. The van der Waals surface area contributed by atoms with Crippen LogP contribution in [0.15, 0.2) is 59.4 Å². The molecule has 14 heteroatoms. The second-order valence-electron chi connectivity index (χ2n) is 13.0. The molecule has 1 fully saturated rings. The standard InChI is InChI=1S/C30H41B3N6O4S/c1-17(2)43-29-23-24-21(14-20(15-36-24)26(38(3)35)28(34)30(31,32)33)39(27(23)22(16-37-29)44(4,40)41)25(18-8-6-5-7-9-18)19-10-12-42-13-11-19/h5-9,14-17,19,25H,10-13,31-35H2,1-4H3/b28-26-/t25-/m1/s1. The number of ether oxygens (including phenoxy) is 2. The molecule has 0 saturated carbocycles. The summed E-state index contributed by atoms with van der Waals surface area (Å²) < 4.78 is 41.0. The summed E-state index contributed by atoms with van der Waals surface area (Å²) in [6, 6.07) is 12.0. The molecule has 3 aromatic heterocycles. The molecule has 1 aliphatic heterocycles. The second-order valence-corrected chi connectivity index (χ2v) is 15.0. The number of pyridine rings is 2. The maximum atomic E-state index is 13.4. The van der Waals surface area contributed by atoms with Crippen molar-refractivity contribution in [3.63, 3.8) is 0 Å². The molecule has 5 rings (SSSR count). The lowest BCUT2D eigenvalue weighted by Crippen LogP contribution is -2.32. The highest BCUT2D eigenvalue weighted by atomic mass is 32.2. The Morgan fingerprint density at radius 1 is 1.14 bits per heavy atom. The van der Waals surface area contributed by atoms with Crippen LogP contribution >= 0.6 is 0 Å². The van der Waals surface area contributed by atoms with Crippen molar-refractivity contribution in [2.75, 3.05) is 26.5 Å². The molecule has 0 aliphatic carbocycles. The van der Waals surface area contributed by atoms with Gasteiger partial charge in [-0.15, -0.1) is 0 Å². The molecule has 230 valence electrons. The molecule has 0 spiro atoms. The Kier molecular flexibility index (Phi) is 8.81. The van der Waals surface area contributed by atoms with Gasteiger partial charge in [0.25, 0.3) is 0 Å². The average molecular weight is 614 g/mol. The molecule has 1 aromatic carbocycles. The molecule has 0 unspecified atom stereocenters. The van der Waals surface area contributed by atoms with E-state index in [0.717, 1.165) is 29.5 Å². The van der Waals surface area contributed by atoms with E-state index in [4.69, 9.17) is 26.0 Å². The van der Waals surface area contributed by atoms with Gasteiger partial charge >= 0.3 is 0 Å². The minimum atomic E-state index is -3.71. The molecule has 1 atom stereocenters. The lowest BCUT2D eigenvalue weighted by molar-refractivity contribution is 0.0552. The zero-order valence-corrected chi connectivity index (χ0v) is 27.5. The molecule has 44 heavy (non-hydrogen) atoms. The average Bonchev–Trinajstić information content (AvgIpc) is 3.27. The fourth-order valence-electron chi connectivity index (χ4n) is 6.09. The minimum absolute atomic E-state index is 0.122. The van der Waals surface area contributed by atoms with Gasteiger partial charge in [0, 0.05) is 44.0 Å². The predicted molar refractivity (Wildman–Crippen MR) is 183 cm³/mol. The Bertz CT molecular complexity index is 1820. The molecular weight excluding hydrogens is 573 g/mol. The summed E-state index contributed by atoms with van der Waals surface area (Å²) in [4.78, 5) is 9.64. The molecular formula is C30H41B3N6O4S. The maximum absolute atomic E-state index is 13.4. The van der Waals surface area contributed by atoms with Crippen LogP contribution in [0.5, 0.6) is 5.88 Å². The van der Waals surface area contributed by atoms with Gasteiger partial charge in [0.05, 0.1) is 64.0 Å². The van der Waals surface area contributed by atoms with E-state index in [-0.39, 0.29) is 28.1 Å². The fourth-order valence-corrected chi connectivity index (χ4v) is 6.89. The number of sulfone groups is 1. The predicted octanol–water partition coefficient (Wildman–Crippen LogP) is 1.20. The van der Waals surface area contributed by atoms with Gasteiger partial charge in [-0.3, -0.25) is 4.98 Å². The van der Waals surface area contributed by atoms with Crippen molar-refractivity contribution in [2.24, 2.45) is 17.5 Å². The van der Waals surface area contributed by atoms with E-state index in [1.54, 1.807) is 13.2 Å². The summed E-state index contributed by atoms with van der Waals surface area (Å²) in [6.07, 6.45) is 5.80. The summed E-state index contributed by atoms with van der Waals surface area (Å²) in [5.74, 6) is 6.89. The second kappa shape index (κ2) is 12.1. The van der Waals surface area contributed by atoms with Crippen molar-refractivity contribution in [1.82, 2.24) is 19.5 Å². The zero-order chi connectivity index (χ0) is 32.0. The van der Waals surface area contributed by atoms with E-state index in [9.17, 15) is 8.42 Å². The van der Waals surface area contributed by atoms with E-state index in [1.807, 2.05) is 61.7 Å². The van der Waals surface area contributed by atoms with Crippen LogP contribution in [0.1, 0.15) is 43.9 Å². The smallest absolute Gasteiger partial charge is 0.225 e. The Morgan fingerprint density at radius 3 is 2.36 bits per heavy atom. The van der Waals surface area contributed by atoms with E-state index in [0.29, 0.717) is 46.9 Å². The van der Waals surface area contributed by atoms with Crippen molar-refractivity contribution in [2.45, 2.75) is 48.8 Å². The number of fused-ring (bicyclic) bond motifs is 3. The molecule has 1 aliphatic rings. The lowest BCUT2D eigenvalue weighted by Gasteiger charge is -2.33. The first-order valence-electron chi connectivity index (χ1n) is 15.0. The molecule has 4 heterocycles. The molecule has 0 amide bonds. The van der Waals surface area contributed by atoms with Crippen LogP contribution in [-0.2, 0) is 14.6 Å². The fraction of sp³-hybridized carbons (Fsp3) is 0.400. The monoisotopic (exact) mass is 614 g/mol. The van der Waals surface area contributed by atoms with Crippen molar-refractivity contribution < 1.29 is 17.9 Å². The highest BCUT2D eigenvalue weighted by Crippen LogP contribution is 2.45. The van der Waals surface area contributed by atoms with Gasteiger partial charge in [0.1, 0.15) is 10.4 Å². The number of nitrogens with zero attached hydrogens (tertiary/aromatic N) is 4. The summed E-state index contributed by atoms with van der Waals surface area (Å²) >= 11 is 0. The number of hydrogen-bond donors (Lipinski definition) is 2. The van der Waals surface area contributed by atoms with Crippen LogP contribution in [0.3, 0.4) is 0 Å². The van der Waals surface area contributed by atoms with E-state index in [1.165, 1.54) is 17.5 Å². The third-order valence-corrected chi connectivity index (χ3v) is 9.25. The molecule has 0 radical (unpaired) electrons. The summed E-state index contributed by atoms with van der Waals surface area (Å²) in [5.41, 5.74) is 11.6. The third-order valence-electron chi connectivity index (χ3n) is 8.16. The van der Waals surface area contributed by atoms with Gasteiger partial charge in [0.2, 0.25) is 5.88 Å². The lowest BCUT2D eigenvalue weighted by atomic mass is 9.41. The van der Waals surface area contributed by atoms with Gasteiger partial charge in [-0.1, -0.05) is 35.4 Å². The molecule has 0 bridgehead atoms. The van der Waals surface area contributed by atoms with Gasteiger partial charge in [-0.2, -0.15) is 0 Å². The number of rotatable bonds is 9. The van der Waals surface area contributed by atoms with E-state index >= 15 is 0 Å². The highest BCUT2D eigenvalue weighted by molar-refractivity contribution is 7.91. The van der Waals surface area contributed by atoms with E-state index < -0.39 is 9.84 Å². The normalized spacial score (nSPS) is 16.3. The number of benzene rings is 1. The first kappa shape index (κ1) is 31.9. The molecule has 4 N–H and O–H groups in total. The quantitative estimate of drug-likeness (QED) is 0.162. The summed E-state index contributed by atoms with van der Waals surface area (Å²) in [7, 11) is 4.14. The van der Waals surface area contributed by atoms with Crippen LogP contribution in [0.25, 0.3) is 27.6 Å². The Morgan fingerprint density at radius 2 is 1.80 bits per heavy atom. The zero-order valence-electron chi connectivity index (χ0n) is 26.7. The molecule has 10 nitrogen and oxygen atoms in total. The number of hydrazine groups is 1. The van der Waals surface area contributed by atoms with Crippen molar-refractivity contribution in [3.8, 4) is 5.88 Å². The highest BCUT2D eigenvalue weighted by Gasteiger charge is 2.34. The van der Waals surface area contributed by atoms with Gasteiger partial charge in [-0.25, -0.2) is 19.2 Å². The number of hydrogen-bond acceptors (Lipinski definition) is 9. The van der Waals surface area contributed by atoms with Crippen LogP contribution in [0.2, 0.25) is 5.11 Å². The number of nitrogens with two attached hydrogens (primary N) is 2. The van der Waals surface area contributed by atoms with Crippen LogP contribution in [0.4, 0.5) is 0 Å². The summed E-state index contributed by atoms with van der Waals surface area (Å²) in [5, 5.41) is 1.71. The number of allylic oxidation sites excluding steroid dienone is 1. The van der Waals surface area contributed by atoms with Crippen LogP contribution in [-0.4, -0.2) is 84.1 Å². The van der Waals surface area contributed by atoms with Crippen molar-refractivity contribution >= 4 is 61.0 Å². The van der Waals surface area contributed by atoms with Gasteiger partial charge in [0.15, 0.2) is 9.84 Å². The first-order valence-corrected chi connectivity index (χ1v) is 16.9.